The normalized spacial score (nSPS) is 25.9. The van der Waals surface area contributed by atoms with E-state index in [1.807, 2.05) is 41.5 Å². The fourth-order valence-corrected chi connectivity index (χ4v) is 7.02. The Morgan fingerprint density at radius 2 is 1.59 bits per heavy atom. The van der Waals surface area contributed by atoms with Crippen LogP contribution in [0.1, 0.15) is 101 Å². The summed E-state index contributed by atoms with van der Waals surface area (Å²) in [6.07, 6.45) is 4.24. The Morgan fingerprint density at radius 1 is 0.935 bits per heavy atom. The second-order valence-corrected chi connectivity index (χ2v) is 16.6. The first-order valence-electron chi connectivity index (χ1n) is 17.1. The Hall–Kier alpha value is -3.18. The van der Waals surface area contributed by atoms with E-state index in [9.17, 15) is 28.8 Å². The van der Waals surface area contributed by atoms with Gasteiger partial charge in [-0.1, -0.05) is 62.3 Å². The lowest BCUT2D eigenvalue weighted by atomic mass is 9.84. The number of nitrogens with one attached hydrogen (secondary N) is 4. The van der Waals surface area contributed by atoms with Crippen molar-refractivity contribution in [1.82, 2.24) is 31.1 Å². The number of nitrogens with zero attached hydrogens (tertiary/aromatic N) is 2. The number of piperidine rings is 2. The van der Waals surface area contributed by atoms with E-state index in [1.165, 1.54) is 0 Å². The van der Waals surface area contributed by atoms with E-state index in [1.54, 1.807) is 16.7 Å². The molecule has 0 bridgehead atoms. The molecule has 12 nitrogen and oxygen atoms in total. The predicted octanol–water partition coefficient (Wildman–Crippen LogP) is 2.35. The number of amides is 6. The molecule has 2 aliphatic carbocycles. The second kappa shape index (κ2) is 13.1. The van der Waals surface area contributed by atoms with Crippen LogP contribution in [-0.4, -0.2) is 95.1 Å². The van der Waals surface area contributed by atoms with Gasteiger partial charge in [-0.05, 0) is 60.2 Å². The zero-order valence-electron chi connectivity index (χ0n) is 29.2. The van der Waals surface area contributed by atoms with Crippen molar-refractivity contribution in [3.05, 3.63) is 0 Å². The van der Waals surface area contributed by atoms with Gasteiger partial charge < -0.3 is 31.1 Å². The van der Waals surface area contributed by atoms with Crippen LogP contribution in [0.3, 0.4) is 0 Å². The summed E-state index contributed by atoms with van der Waals surface area (Å²) in [5.74, 6) is -2.12. The van der Waals surface area contributed by atoms with E-state index in [0.29, 0.717) is 26.1 Å². The van der Waals surface area contributed by atoms with E-state index in [2.05, 4.69) is 35.1 Å². The molecule has 4 N–H and O–H groups in total. The highest BCUT2D eigenvalue weighted by atomic mass is 16.2. The van der Waals surface area contributed by atoms with Gasteiger partial charge in [-0.2, -0.15) is 0 Å². The third-order valence-corrected chi connectivity index (χ3v) is 10.5. The lowest BCUT2D eigenvalue weighted by Gasteiger charge is -2.40. The SMILES string of the molecule is CCC(NC(=O)[C@@H]1[C@@H]2[C@H](CN1C(=O)[C@@H](NC(=O)N[C@H](CN1CCCCC1=O)C(C)(C)C)C(C)(C)C)C2(C)C)C(=O)C(=O)NC1CC1. The van der Waals surface area contributed by atoms with Gasteiger partial charge >= 0.3 is 6.03 Å². The lowest BCUT2D eigenvalue weighted by Crippen LogP contribution is -2.63. The first-order valence-corrected chi connectivity index (χ1v) is 17.1. The van der Waals surface area contributed by atoms with Crippen molar-refractivity contribution >= 4 is 35.4 Å². The summed E-state index contributed by atoms with van der Waals surface area (Å²) in [5.41, 5.74) is -1.22. The van der Waals surface area contributed by atoms with Crippen LogP contribution in [0, 0.1) is 28.1 Å². The molecule has 4 fully saturated rings. The van der Waals surface area contributed by atoms with Gasteiger partial charge in [-0.3, -0.25) is 24.0 Å². The molecule has 0 radical (unpaired) electrons. The van der Waals surface area contributed by atoms with E-state index in [-0.39, 0.29) is 53.0 Å². The highest BCUT2D eigenvalue weighted by molar-refractivity contribution is 6.38. The minimum absolute atomic E-state index is 0.0191. The van der Waals surface area contributed by atoms with Crippen molar-refractivity contribution in [2.45, 2.75) is 131 Å². The molecule has 0 aromatic heterocycles. The number of rotatable bonds is 11. The van der Waals surface area contributed by atoms with Crippen LogP contribution < -0.4 is 21.3 Å². The maximum absolute atomic E-state index is 14.3. The zero-order chi connectivity index (χ0) is 34.4. The van der Waals surface area contributed by atoms with Crippen molar-refractivity contribution in [1.29, 1.82) is 0 Å². The first kappa shape index (κ1) is 35.7. The number of carbonyl (C=O) groups is 6. The molecular weight excluding hydrogens is 588 g/mol. The highest BCUT2D eigenvalue weighted by Crippen LogP contribution is 2.65. The number of hydrogen-bond acceptors (Lipinski definition) is 6. The Balaban J connectivity index is 1.49. The minimum Gasteiger partial charge on any atom is -0.347 e. The summed E-state index contributed by atoms with van der Waals surface area (Å²) in [7, 11) is 0. The van der Waals surface area contributed by atoms with Crippen LogP contribution in [0.2, 0.25) is 0 Å². The van der Waals surface area contributed by atoms with Gasteiger partial charge in [0.2, 0.25) is 23.5 Å². The van der Waals surface area contributed by atoms with Crippen molar-refractivity contribution in [3.8, 4) is 0 Å². The molecule has 12 heteroatoms. The van der Waals surface area contributed by atoms with Crippen LogP contribution in [0.25, 0.3) is 0 Å². The van der Waals surface area contributed by atoms with Crippen molar-refractivity contribution in [3.63, 3.8) is 0 Å². The quantitative estimate of drug-likeness (QED) is 0.253. The van der Waals surface area contributed by atoms with Crippen molar-refractivity contribution in [2.24, 2.45) is 28.1 Å². The molecule has 2 heterocycles. The van der Waals surface area contributed by atoms with Gasteiger partial charge in [-0.25, -0.2) is 4.79 Å². The molecule has 0 aromatic carbocycles. The van der Waals surface area contributed by atoms with E-state index < -0.39 is 47.2 Å². The van der Waals surface area contributed by atoms with E-state index in [0.717, 1.165) is 25.7 Å². The Labute approximate surface area is 273 Å². The maximum Gasteiger partial charge on any atom is 0.315 e. The molecule has 6 amide bonds. The number of likely N-dealkylation sites (tertiary alicyclic amines) is 2. The lowest BCUT2D eigenvalue weighted by molar-refractivity contribution is -0.145. The second-order valence-electron chi connectivity index (χ2n) is 16.6. The van der Waals surface area contributed by atoms with Crippen LogP contribution in [0.5, 0.6) is 0 Å². The molecule has 2 saturated carbocycles. The summed E-state index contributed by atoms with van der Waals surface area (Å²) in [4.78, 5) is 83.0. The average molecular weight is 645 g/mol. The summed E-state index contributed by atoms with van der Waals surface area (Å²) in [5, 5.41) is 11.4. The highest BCUT2D eigenvalue weighted by Gasteiger charge is 2.70. The summed E-state index contributed by atoms with van der Waals surface area (Å²) < 4.78 is 0. The fraction of sp³-hybridized carbons (Fsp3) is 0.824. The zero-order valence-corrected chi connectivity index (χ0v) is 29.2. The molecule has 2 aliphatic heterocycles. The predicted molar refractivity (Wildman–Crippen MR) is 173 cm³/mol. The van der Waals surface area contributed by atoms with E-state index >= 15 is 0 Å². The standard InChI is InChI=1S/C34H56N6O6/c1-10-21(26(42)29(44)35-19-14-15-19)36-28(43)25-24-20(34(24,8)9)17-40(25)30(45)27(33(5,6)7)38-31(46)37-22(32(2,3)4)18-39-16-12-11-13-23(39)41/h19-22,24-25,27H,10-18H2,1-9H3,(H,35,44)(H,36,43)(H2,37,38,46)/t20-,21?,22+,24-,25-,27+/m0/s1. The van der Waals surface area contributed by atoms with Gasteiger partial charge in [-0.15, -0.1) is 0 Å². The number of hydrogen-bond donors (Lipinski definition) is 4. The van der Waals surface area contributed by atoms with Crippen LogP contribution >= 0.6 is 0 Å². The third kappa shape index (κ3) is 7.85. The topological polar surface area (TPSA) is 157 Å². The minimum atomic E-state index is -0.993. The number of ketones is 1. The molecule has 2 saturated heterocycles. The molecule has 6 atom stereocenters. The fourth-order valence-electron chi connectivity index (χ4n) is 7.02. The molecule has 4 aliphatic rings. The smallest absolute Gasteiger partial charge is 0.315 e. The number of Topliss-reactive ketones (excluding diaryl/α,β-unsaturated/α-hetero) is 1. The number of urea groups is 1. The van der Waals surface area contributed by atoms with Crippen molar-refractivity contribution < 1.29 is 28.8 Å². The summed E-state index contributed by atoms with van der Waals surface area (Å²) in [6.45, 7) is 18.9. The van der Waals surface area contributed by atoms with E-state index in [4.69, 9.17) is 0 Å². The molecule has 4 rings (SSSR count). The van der Waals surface area contributed by atoms with Gasteiger partial charge in [0.15, 0.2) is 0 Å². The van der Waals surface area contributed by atoms with Gasteiger partial charge in [0.05, 0.1) is 12.1 Å². The number of carbonyl (C=O) groups excluding carboxylic acids is 6. The van der Waals surface area contributed by atoms with Gasteiger partial charge in [0.25, 0.3) is 5.91 Å². The molecule has 258 valence electrons. The monoisotopic (exact) mass is 644 g/mol. The molecule has 0 aromatic rings. The Bertz CT molecular complexity index is 1230. The summed E-state index contributed by atoms with van der Waals surface area (Å²) in [6, 6.07) is -3.62. The largest absolute Gasteiger partial charge is 0.347 e. The molecule has 46 heavy (non-hydrogen) atoms. The first-order chi connectivity index (χ1) is 21.3. The van der Waals surface area contributed by atoms with Gasteiger partial charge in [0.1, 0.15) is 12.1 Å². The third-order valence-electron chi connectivity index (χ3n) is 10.5. The van der Waals surface area contributed by atoms with Crippen LogP contribution in [0.4, 0.5) is 4.79 Å². The van der Waals surface area contributed by atoms with Crippen LogP contribution in [-0.2, 0) is 24.0 Å². The van der Waals surface area contributed by atoms with Gasteiger partial charge in [0, 0.05) is 32.1 Å². The average Bonchev–Trinajstić information content (AvgIpc) is 3.80. The maximum atomic E-state index is 14.3. The Morgan fingerprint density at radius 3 is 2.13 bits per heavy atom. The Kier molecular flexibility index (Phi) is 10.2. The van der Waals surface area contributed by atoms with Crippen molar-refractivity contribution in [2.75, 3.05) is 19.6 Å². The summed E-state index contributed by atoms with van der Waals surface area (Å²) >= 11 is 0. The van der Waals surface area contributed by atoms with Crippen LogP contribution in [0.15, 0.2) is 0 Å². The number of fused-ring (bicyclic) bond motifs is 1. The molecule has 1 unspecified atom stereocenters. The molecule has 0 spiro atoms. The molecular formula is C34H56N6O6.